The summed E-state index contributed by atoms with van der Waals surface area (Å²) in [7, 11) is 0. The van der Waals surface area contributed by atoms with Crippen molar-refractivity contribution in [2.24, 2.45) is 5.92 Å². The second-order valence-electron chi connectivity index (χ2n) is 8.10. The van der Waals surface area contributed by atoms with Gasteiger partial charge in [-0.2, -0.15) is 5.26 Å². The van der Waals surface area contributed by atoms with Crippen molar-refractivity contribution >= 4 is 12.4 Å². The molecule has 2 aliphatic rings. The fraction of sp³-hybridized carbons (Fsp3) is 0.550. The van der Waals surface area contributed by atoms with Crippen molar-refractivity contribution < 1.29 is 19.4 Å². The van der Waals surface area contributed by atoms with Crippen LogP contribution in [0, 0.1) is 17.2 Å². The highest BCUT2D eigenvalue weighted by Crippen LogP contribution is 2.36. The topological polar surface area (TPSA) is 90.6 Å². The van der Waals surface area contributed by atoms with Crippen LogP contribution in [-0.2, 0) is 22.4 Å². The Morgan fingerprint density at radius 1 is 1.42 bits per heavy atom. The summed E-state index contributed by atoms with van der Waals surface area (Å²) in [6, 6.07) is 5.37. The van der Waals surface area contributed by atoms with Gasteiger partial charge in [-0.15, -0.1) is 0 Å². The average molecular weight is 356 g/mol. The number of carbonyl (C=O) groups is 2. The molecule has 1 saturated heterocycles. The van der Waals surface area contributed by atoms with Crippen LogP contribution in [0.4, 0.5) is 4.79 Å². The van der Waals surface area contributed by atoms with E-state index in [1.54, 1.807) is 26.8 Å². The van der Waals surface area contributed by atoms with E-state index in [1.165, 1.54) is 4.90 Å². The third kappa shape index (κ3) is 3.45. The highest BCUT2D eigenvalue weighted by atomic mass is 16.6. The fourth-order valence-corrected chi connectivity index (χ4v) is 3.67. The van der Waals surface area contributed by atoms with Gasteiger partial charge in [0.15, 0.2) is 0 Å². The molecule has 0 bridgehead atoms. The van der Waals surface area contributed by atoms with E-state index in [4.69, 9.17) is 4.74 Å². The number of hydrogen-bond acceptors (Lipinski definition) is 5. The van der Waals surface area contributed by atoms with E-state index in [1.807, 2.05) is 6.07 Å². The van der Waals surface area contributed by atoms with Gasteiger partial charge in [-0.3, -0.25) is 0 Å². The van der Waals surface area contributed by atoms with Crippen molar-refractivity contribution in [3.63, 3.8) is 0 Å². The lowest BCUT2D eigenvalue weighted by Crippen LogP contribution is -2.55. The third-order valence-corrected chi connectivity index (χ3v) is 5.03. The molecule has 1 amide bonds. The molecule has 1 N–H and O–H groups in total. The van der Waals surface area contributed by atoms with E-state index in [2.05, 4.69) is 6.07 Å². The van der Waals surface area contributed by atoms with Crippen LogP contribution in [0.1, 0.15) is 55.5 Å². The zero-order chi connectivity index (χ0) is 19.1. The molecule has 3 unspecified atom stereocenters. The lowest BCUT2D eigenvalue weighted by Gasteiger charge is -2.43. The Morgan fingerprint density at radius 3 is 2.69 bits per heavy atom. The molecule has 1 aromatic rings. The molecule has 0 radical (unpaired) electrons. The second kappa shape index (κ2) is 6.73. The number of rotatable bonds is 3. The lowest BCUT2D eigenvalue weighted by molar-refractivity contribution is -0.110. The Bertz CT molecular complexity index is 775. The average Bonchev–Trinajstić information content (AvgIpc) is 2.93. The minimum absolute atomic E-state index is 0.105. The summed E-state index contributed by atoms with van der Waals surface area (Å²) in [6.07, 6.45) is 1.45. The van der Waals surface area contributed by atoms with Gasteiger partial charge in [0.1, 0.15) is 11.9 Å². The maximum atomic E-state index is 12.3. The van der Waals surface area contributed by atoms with Gasteiger partial charge in [0.25, 0.3) is 0 Å². The Balaban J connectivity index is 1.81. The number of hydrogen-bond donors (Lipinski definition) is 1. The number of carbonyl (C=O) groups excluding carboxylic acids is 2. The number of nitriles is 1. The van der Waals surface area contributed by atoms with Crippen molar-refractivity contribution in [1.82, 2.24) is 4.90 Å². The number of amides is 1. The molecule has 26 heavy (non-hydrogen) atoms. The molecule has 1 heterocycles. The van der Waals surface area contributed by atoms with E-state index < -0.39 is 17.8 Å². The third-order valence-electron chi connectivity index (χ3n) is 5.03. The van der Waals surface area contributed by atoms with Gasteiger partial charge in [0.2, 0.25) is 0 Å². The van der Waals surface area contributed by atoms with Gasteiger partial charge < -0.3 is 19.5 Å². The van der Waals surface area contributed by atoms with Crippen molar-refractivity contribution in [3.8, 4) is 6.07 Å². The lowest BCUT2D eigenvalue weighted by atomic mass is 9.89. The minimum Gasteiger partial charge on any atom is -0.444 e. The number of aliphatic hydroxyl groups excluding tert-OH is 1. The molecule has 3 rings (SSSR count). The maximum absolute atomic E-state index is 12.3. The summed E-state index contributed by atoms with van der Waals surface area (Å²) >= 11 is 0. The number of aldehydes is 1. The van der Waals surface area contributed by atoms with Gasteiger partial charge in [0, 0.05) is 12.5 Å². The van der Waals surface area contributed by atoms with Gasteiger partial charge in [0.05, 0.1) is 23.8 Å². The van der Waals surface area contributed by atoms with Crippen molar-refractivity contribution in [2.75, 3.05) is 6.54 Å². The van der Waals surface area contributed by atoms with Gasteiger partial charge in [-0.25, -0.2) is 4.79 Å². The number of nitrogens with zero attached hydrogens (tertiary/aromatic N) is 2. The molecular weight excluding hydrogens is 332 g/mol. The van der Waals surface area contributed by atoms with Crippen LogP contribution in [0.25, 0.3) is 0 Å². The first kappa shape index (κ1) is 18.4. The zero-order valence-corrected chi connectivity index (χ0v) is 15.4. The van der Waals surface area contributed by atoms with Crippen LogP contribution in [0.15, 0.2) is 12.1 Å². The standard InChI is InChI=1S/C20H24N2O4/c1-20(2,3)26-19(25)22-5-4-17(22)18(24)14-8-13-6-12(11-23)7-16(13)15(9-14)10-21/h8-9,11-12,17-18,24H,4-7H2,1-3H3. The maximum Gasteiger partial charge on any atom is 0.410 e. The van der Waals surface area contributed by atoms with E-state index in [9.17, 15) is 20.0 Å². The van der Waals surface area contributed by atoms with Crippen LogP contribution in [0.2, 0.25) is 0 Å². The van der Waals surface area contributed by atoms with Crippen LogP contribution < -0.4 is 0 Å². The smallest absolute Gasteiger partial charge is 0.410 e. The highest BCUT2D eigenvalue weighted by Gasteiger charge is 2.40. The molecule has 0 saturated carbocycles. The largest absolute Gasteiger partial charge is 0.444 e. The SMILES string of the molecule is CC(C)(C)OC(=O)N1CCC1C(O)c1cc(C#N)c2c(c1)CC(C=O)C2. The van der Waals surface area contributed by atoms with Gasteiger partial charge in [-0.1, -0.05) is 6.07 Å². The summed E-state index contributed by atoms with van der Waals surface area (Å²) in [6.45, 7) is 5.96. The Labute approximate surface area is 153 Å². The van der Waals surface area contributed by atoms with Crippen LogP contribution in [-0.4, -0.2) is 40.6 Å². The fourth-order valence-electron chi connectivity index (χ4n) is 3.67. The molecule has 138 valence electrons. The predicted octanol–water partition coefficient (Wildman–Crippen LogP) is 2.51. The summed E-state index contributed by atoms with van der Waals surface area (Å²) in [5.74, 6) is -0.105. The van der Waals surface area contributed by atoms with E-state index in [0.29, 0.717) is 36.9 Å². The molecule has 1 aromatic carbocycles. The number of likely N-dealkylation sites (tertiary alicyclic amines) is 1. The van der Waals surface area contributed by atoms with E-state index in [0.717, 1.165) is 17.4 Å². The normalized spacial score (nSPS) is 22.8. The van der Waals surface area contributed by atoms with Gasteiger partial charge >= 0.3 is 6.09 Å². The predicted molar refractivity (Wildman–Crippen MR) is 94.4 cm³/mol. The van der Waals surface area contributed by atoms with Crippen molar-refractivity contribution in [3.05, 3.63) is 34.4 Å². The molecule has 1 fully saturated rings. The first-order valence-electron chi connectivity index (χ1n) is 8.92. The van der Waals surface area contributed by atoms with Crippen LogP contribution in [0.5, 0.6) is 0 Å². The molecule has 3 atom stereocenters. The number of aliphatic hydroxyl groups is 1. The molecule has 1 aliphatic carbocycles. The summed E-state index contributed by atoms with van der Waals surface area (Å²) in [5.41, 5.74) is 2.37. The van der Waals surface area contributed by atoms with Crippen LogP contribution >= 0.6 is 0 Å². The summed E-state index contributed by atoms with van der Waals surface area (Å²) in [4.78, 5) is 24.9. The molecule has 6 heteroatoms. The highest BCUT2D eigenvalue weighted by molar-refractivity contribution is 5.70. The van der Waals surface area contributed by atoms with E-state index >= 15 is 0 Å². The zero-order valence-electron chi connectivity index (χ0n) is 15.4. The minimum atomic E-state index is -0.885. The van der Waals surface area contributed by atoms with E-state index in [-0.39, 0.29) is 12.0 Å². The van der Waals surface area contributed by atoms with Crippen molar-refractivity contribution in [2.45, 2.75) is 57.8 Å². The molecule has 0 spiro atoms. The quantitative estimate of drug-likeness (QED) is 0.841. The summed E-state index contributed by atoms with van der Waals surface area (Å²) in [5, 5.41) is 20.2. The Kier molecular flexibility index (Phi) is 4.76. The van der Waals surface area contributed by atoms with Crippen LogP contribution in [0.3, 0.4) is 0 Å². The number of benzene rings is 1. The monoisotopic (exact) mass is 356 g/mol. The number of fused-ring (bicyclic) bond motifs is 1. The summed E-state index contributed by atoms with van der Waals surface area (Å²) < 4.78 is 5.39. The first-order valence-corrected chi connectivity index (χ1v) is 8.92. The van der Waals surface area contributed by atoms with Crippen molar-refractivity contribution in [1.29, 1.82) is 5.26 Å². The molecule has 1 aliphatic heterocycles. The Morgan fingerprint density at radius 2 is 2.15 bits per heavy atom. The molecule has 6 nitrogen and oxygen atoms in total. The number of ether oxygens (including phenoxy) is 1. The molecule has 0 aromatic heterocycles. The first-order chi connectivity index (χ1) is 12.2. The van der Waals surface area contributed by atoms with Gasteiger partial charge in [-0.05, 0) is 62.8 Å². The molecular formula is C20H24N2O4. The second-order valence-corrected chi connectivity index (χ2v) is 8.10. The Hall–Kier alpha value is -2.39.